The molecule has 17 heavy (non-hydrogen) atoms. The zero-order valence-corrected chi connectivity index (χ0v) is 11.1. The molecule has 94 valence electrons. The van der Waals surface area contributed by atoms with Crippen LogP contribution in [0.4, 0.5) is 0 Å². The van der Waals surface area contributed by atoms with Gasteiger partial charge in [0.1, 0.15) is 0 Å². The number of amides is 1. The molecule has 1 N–H and O–H groups in total. The van der Waals surface area contributed by atoms with Gasteiger partial charge in [-0.1, -0.05) is 29.8 Å². The third-order valence-corrected chi connectivity index (χ3v) is 3.01. The Labute approximate surface area is 108 Å². The maximum Gasteiger partial charge on any atom is 0.226 e. The summed E-state index contributed by atoms with van der Waals surface area (Å²) in [5.74, 6) is 0.106. The zero-order chi connectivity index (χ0) is 12.7. The molecule has 0 atom stereocenters. The van der Waals surface area contributed by atoms with Gasteiger partial charge in [-0.25, -0.2) is 0 Å². The van der Waals surface area contributed by atoms with Gasteiger partial charge in [-0.2, -0.15) is 0 Å². The summed E-state index contributed by atoms with van der Waals surface area (Å²) in [6, 6.07) is 7.47. The van der Waals surface area contributed by atoms with Crippen LogP contribution < -0.4 is 5.32 Å². The first-order chi connectivity index (χ1) is 8.15. The van der Waals surface area contributed by atoms with Gasteiger partial charge in [-0.15, -0.1) is 0 Å². The molecule has 1 rings (SSSR count). The van der Waals surface area contributed by atoms with Crippen molar-refractivity contribution < 1.29 is 4.79 Å². The number of carbonyl (C=O) groups is 1. The maximum absolute atomic E-state index is 11.9. The fraction of sp³-hybridized carbons (Fsp3) is 0.462. The molecule has 0 aromatic heterocycles. The van der Waals surface area contributed by atoms with E-state index in [1.165, 1.54) is 0 Å². The second-order valence-electron chi connectivity index (χ2n) is 4.04. The smallest absolute Gasteiger partial charge is 0.226 e. The van der Waals surface area contributed by atoms with Crippen molar-refractivity contribution in [2.75, 3.05) is 27.2 Å². The predicted octanol–water partition coefficient (Wildman–Crippen LogP) is 1.95. The minimum atomic E-state index is 0.106. The molecule has 0 radical (unpaired) electrons. The van der Waals surface area contributed by atoms with E-state index in [4.69, 9.17) is 11.6 Å². The van der Waals surface area contributed by atoms with Gasteiger partial charge in [0.2, 0.25) is 5.91 Å². The van der Waals surface area contributed by atoms with E-state index in [1.807, 2.05) is 38.4 Å². The molecule has 0 unspecified atom stereocenters. The lowest BCUT2D eigenvalue weighted by Crippen LogP contribution is -2.30. The third kappa shape index (κ3) is 4.75. The number of nitrogens with one attached hydrogen (secondary N) is 1. The highest BCUT2D eigenvalue weighted by molar-refractivity contribution is 6.31. The van der Waals surface area contributed by atoms with E-state index in [-0.39, 0.29) is 5.91 Å². The number of hydrogen-bond donors (Lipinski definition) is 1. The number of nitrogens with zero attached hydrogens (tertiary/aromatic N) is 1. The van der Waals surface area contributed by atoms with Crippen molar-refractivity contribution in [2.24, 2.45) is 0 Å². The molecule has 1 aromatic carbocycles. The Hall–Kier alpha value is -1.06. The Kier molecular flexibility index (Phi) is 6.01. The van der Waals surface area contributed by atoms with Crippen molar-refractivity contribution in [3.63, 3.8) is 0 Å². The van der Waals surface area contributed by atoms with Crippen LogP contribution in [0.3, 0.4) is 0 Å². The van der Waals surface area contributed by atoms with Crippen molar-refractivity contribution in [3.8, 4) is 0 Å². The molecule has 0 bridgehead atoms. The molecule has 0 spiro atoms. The van der Waals surface area contributed by atoms with Gasteiger partial charge in [0.25, 0.3) is 0 Å². The Bertz CT molecular complexity index is 368. The van der Waals surface area contributed by atoms with Gasteiger partial charge in [-0.05, 0) is 31.6 Å². The lowest BCUT2D eigenvalue weighted by Gasteiger charge is -2.17. The zero-order valence-electron chi connectivity index (χ0n) is 10.4. The highest BCUT2D eigenvalue weighted by Crippen LogP contribution is 2.15. The van der Waals surface area contributed by atoms with Crippen LogP contribution in [0.1, 0.15) is 12.0 Å². The summed E-state index contributed by atoms with van der Waals surface area (Å²) in [6.45, 7) is 1.69. The van der Waals surface area contributed by atoms with E-state index >= 15 is 0 Å². The second kappa shape index (κ2) is 7.30. The Morgan fingerprint density at radius 3 is 2.76 bits per heavy atom. The Morgan fingerprint density at radius 1 is 1.41 bits per heavy atom. The highest BCUT2D eigenvalue weighted by atomic mass is 35.5. The minimum absolute atomic E-state index is 0.106. The first-order valence-electron chi connectivity index (χ1n) is 5.77. The van der Waals surface area contributed by atoms with Gasteiger partial charge < -0.3 is 10.2 Å². The molecule has 0 aliphatic rings. The summed E-state index contributed by atoms with van der Waals surface area (Å²) in [6.07, 6.45) is 1.33. The standard InChI is InChI=1S/C13H19ClN2O/c1-15-8-5-9-16(2)13(17)10-11-6-3-4-7-12(11)14/h3-4,6-7,15H,5,8-10H2,1-2H3. The van der Waals surface area contributed by atoms with Crippen molar-refractivity contribution in [1.82, 2.24) is 10.2 Å². The summed E-state index contributed by atoms with van der Waals surface area (Å²) in [5.41, 5.74) is 0.889. The molecule has 0 saturated carbocycles. The number of rotatable bonds is 6. The van der Waals surface area contributed by atoms with Crippen LogP contribution >= 0.6 is 11.6 Å². The average Bonchev–Trinajstić information content (AvgIpc) is 2.32. The van der Waals surface area contributed by atoms with Crippen LogP contribution in [0.15, 0.2) is 24.3 Å². The molecule has 0 heterocycles. The van der Waals surface area contributed by atoms with Crippen molar-refractivity contribution in [3.05, 3.63) is 34.9 Å². The maximum atomic E-state index is 11.9. The van der Waals surface area contributed by atoms with Gasteiger partial charge >= 0.3 is 0 Å². The Morgan fingerprint density at radius 2 is 2.12 bits per heavy atom. The van der Waals surface area contributed by atoms with Gasteiger partial charge in [0.05, 0.1) is 6.42 Å². The van der Waals surface area contributed by atoms with Crippen LogP contribution in [0.5, 0.6) is 0 Å². The third-order valence-electron chi connectivity index (χ3n) is 2.65. The average molecular weight is 255 g/mol. The molecular weight excluding hydrogens is 236 g/mol. The lowest BCUT2D eigenvalue weighted by atomic mass is 10.1. The number of halogens is 1. The van der Waals surface area contributed by atoms with Crippen LogP contribution in [0.2, 0.25) is 5.02 Å². The normalized spacial score (nSPS) is 10.3. The van der Waals surface area contributed by atoms with Crippen molar-refractivity contribution in [1.29, 1.82) is 0 Å². The molecule has 1 amide bonds. The molecule has 0 aliphatic heterocycles. The topological polar surface area (TPSA) is 32.3 Å². The summed E-state index contributed by atoms with van der Waals surface area (Å²) >= 11 is 6.02. The van der Waals surface area contributed by atoms with E-state index < -0.39 is 0 Å². The fourth-order valence-corrected chi connectivity index (χ4v) is 1.76. The lowest BCUT2D eigenvalue weighted by molar-refractivity contribution is -0.129. The van der Waals surface area contributed by atoms with Gasteiger partial charge in [0.15, 0.2) is 0 Å². The van der Waals surface area contributed by atoms with Gasteiger partial charge in [-0.3, -0.25) is 4.79 Å². The first-order valence-corrected chi connectivity index (χ1v) is 6.15. The number of hydrogen-bond acceptors (Lipinski definition) is 2. The molecular formula is C13H19ClN2O. The van der Waals surface area contributed by atoms with E-state index in [9.17, 15) is 4.79 Å². The molecule has 0 fully saturated rings. The van der Waals surface area contributed by atoms with E-state index in [0.717, 1.165) is 25.1 Å². The van der Waals surface area contributed by atoms with Crippen LogP contribution in [-0.4, -0.2) is 38.0 Å². The predicted molar refractivity (Wildman–Crippen MR) is 71.3 cm³/mol. The molecule has 1 aromatic rings. The van der Waals surface area contributed by atoms with E-state index in [1.54, 1.807) is 4.90 Å². The summed E-state index contributed by atoms with van der Waals surface area (Å²) in [7, 11) is 3.74. The summed E-state index contributed by atoms with van der Waals surface area (Å²) < 4.78 is 0. The summed E-state index contributed by atoms with van der Waals surface area (Å²) in [4.78, 5) is 13.7. The van der Waals surface area contributed by atoms with Crippen LogP contribution in [0.25, 0.3) is 0 Å². The van der Waals surface area contributed by atoms with Crippen LogP contribution in [-0.2, 0) is 11.2 Å². The highest BCUT2D eigenvalue weighted by Gasteiger charge is 2.10. The minimum Gasteiger partial charge on any atom is -0.345 e. The number of likely N-dealkylation sites (N-methyl/N-ethyl adjacent to an activating group) is 1. The van der Waals surface area contributed by atoms with Crippen molar-refractivity contribution >= 4 is 17.5 Å². The quantitative estimate of drug-likeness (QED) is 0.787. The molecule has 0 saturated heterocycles. The monoisotopic (exact) mass is 254 g/mol. The van der Waals surface area contributed by atoms with Crippen LogP contribution in [0, 0.1) is 0 Å². The summed E-state index contributed by atoms with van der Waals surface area (Å²) in [5, 5.41) is 3.72. The Balaban J connectivity index is 2.46. The van der Waals surface area contributed by atoms with Gasteiger partial charge in [0, 0.05) is 18.6 Å². The molecule has 3 nitrogen and oxygen atoms in total. The molecule has 0 aliphatic carbocycles. The largest absolute Gasteiger partial charge is 0.345 e. The fourth-order valence-electron chi connectivity index (χ4n) is 1.56. The van der Waals surface area contributed by atoms with E-state index in [2.05, 4.69) is 5.32 Å². The van der Waals surface area contributed by atoms with E-state index in [0.29, 0.717) is 11.4 Å². The number of benzene rings is 1. The SMILES string of the molecule is CNCCCN(C)C(=O)Cc1ccccc1Cl. The van der Waals surface area contributed by atoms with Crippen molar-refractivity contribution in [2.45, 2.75) is 12.8 Å². The number of carbonyl (C=O) groups excluding carboxylic acids is 1. The second-order valence-corrected chi connectivity index (χ2v) is 4.45. The molecule has 4 heteroatoms. The first kappa shape index (κ1) is 14.0.